The van der Waals surface area contributed by atoms with Gasteiger partial charge >= 0.3 is 0 Å². The molecule has 0 aliphatic carbocycles. The zero-order valence-electron chi connectivity index (χ0n) is 10.9. The van der Waals surface area contributed by atoms with E-state index in [9.17, 15) is 5.11 Å². The smallest absolute Gasteiger partial charge is 0.0793 e. The second kappa shape index (κ2) is 6.66. The quantitative estimate of drug-likeness (QED) is 0.628. The van der Waals surface area contributed by atoms with Crippen LogP contribution in [0.2, 0.25) is 0 Å². The molecule has 0 aromatic heterocycles. The maximum absolute atomic E-state index is 10.1. The number of likely N-dealkylation sites (N-methyl/N-ethyl adjacent to an activating group) is 1. The van der Waals surface area contributed by atoms with Crippen LogP contribution in [-0.4, -0.2) is 98.4 Å². The number of piperazine rings is 2. The second-order valence-corrected chi connectivity index (χ2v) is 5.31. The lowest BCUT2D eigenvalue weighted by Crippen LogP contribution is -2.51. The molecule has 0 bridgehead atoms. The first kappa shape index (κ1) is 13.2. The Kier molecular flexibility index (Phi) is 5.18. The van der Waals surface area contributed by atoms with E-state index in [2.05, 4.69) is 27.1 Å². The number of rotatable bonds is 4. The van der Waals surface area contributed by atoms with E-state index in [0.717, 1.165) is 65.4 Å². The minimum Gasteiger partial charge on any atom is -0.390 e. The van der Waals surface area contributed by atoms with Crippen molar-refractivity contribution < 1.29 is 5.11 Å². The third kappa shape index (κ3) is 4.52. The summed E-state index contributed by atoms with van der Waals surface area (Å²) in [6, 6.07) is 0. The monoisotopic (exact) mass is 242 g/mol. The lowest BCUT2D eigenvalue weighted by Gasteiger charge is -2.35. The molecule has 5 nitrogen and oxygen atoms in total. The fourth-order valence-electron chi connectivity index (χ4n) is 2.58. The van der Waals surface area contributed by atoms with Gasteiger partial charge in [0.2, 0.25) is 0 Å². The molecular weight excluding hydrogens is 216 g/mol. The lowest BCUT2D eigenvalue weighted by molar-refractivity contribution is 0.0522. The molecular formula is C12H26N4O. The Bertz CT molecular complexity index is 213. The first-order chi connectivity index (χ1) is 8.24. The third-order valence-corrected chi connectivity index (χ3v) is 3.74. The Hall–Kier alpha value is -0.200. The van der Waals surface area contributed by atoms with E-state index in [1.54, 1.807) is 0 Å². The van der Waals surface area contributed by atoms with Gasteiger partial charge in [0.25, 0.3) is 0 Å². The summed E-state index contributed by atoms with van der Waals surface area (Å²) in [6.45, 7) is 10.3. The first-order valence-corrected chi connectivity index (χ1v) is 6.76. The van der Waals surface area contributed by atoms with Crippen molar-refractivity contribution in [3.8, 4) is 0 Å². The molecule has 2 heterocycles. The van der Waals surface area contributed by atoms with Crippen molar-refractivity contribution in [1.82, 2.24) is 20.0 Å². The summed E-state index contributed by atoms with van der Waals surface area (Å²) in [7, 11) is 2.16. The number of aliphatic hydroxyl groups is 1. The fraction of sp³-hybridized carbons (Fsp3) is 1.00. The van der Waals surface area contributed by atoms with E-state index in [0.29, 0.717) is 0 Å². The molecule has 2 fully saturated rings. The number of hydrogen-bond acceptors (Lipinski definition) is 5. The maximum Gasteiger partial charge on any atom is 0.0793 e. The van der Waals surface area contributed by atoms with E-state index < -0.39 is 0 Å². The van der Waals surface area contributed by atoms with Crippen LogP contribution in [0, 0.1) is 0 Å². The highest BCUT2D eigenvalue weighted by Crippen LogP contribution is 2.02. The van der Waals surface area contributed by atoms with Gasteiger partial charge in [0.05, 0.1) is 6.10 Å². The fourth-order valence-corrected chi connectivity index (χ4v) is 2.58. The van der Waals surface area contributed by atoms with Gasteiger partial charge < -0.3 is 15.3 Å². The minimum atomic E-state index is -0.198. The molecule has 0 aromatic rings. The van der Waals surface area contributed by atoms with Crippen molar-refractivity contribution in [1.29, 1.82) is 0 Å². The van der Waals surface area contributed by atoms with E-state index in [1.807, 2.05) is 0 Å². The van der Waals surface area contributed by atoms with Crippen LogP contribution in [-0.2, 0) is 0 Å². The molecule has 2 rings (SSSR count). The molecule has 0 amide bonds. The van der Waals surface area contributed by atoms with E-state index in [-0.39, 0.29) is 6.10 Å². The molecule has 0 aromatic carbocycles. The third-order valence-electron chi connectivity index (χ3n) is 3.74. The van der Waals surface area contributed by atoms with E-state index >= 15 is 0 Å². The van der Waals surface area contributed by atoms with Crippen molar-refractivity contribution in [3.63, 3.8) is 0 Å². The van der Waals surface area contributed by atoms with Crippen LogP contribution in [0.1, 0.15) is 0 Å². The standard InChI is InChI=1S/C12H26N4O/c1-14-6-8-16(9-7-14)11-12(17)10-15-4-2-13-3-5-15/h12-13,17H,2-11H2,1H3. The number of β-amino-alcohol motifs (C(OH)–C–C–N with tert-alkyl or cyclic N) is 1. The number of nitrogens with one attached hydrogen (secondary N) is 1. The van der Waals surface area contributed by atoms with Gasteiger partial charge in [0.1, 0.15) is 0 Å². The normalized spacial score (nSPS) is 27.2. The van der Waals surface area contributed by atoms with Gasteiger partial charge in [-0.3, -0.25) is 9.80 Å². The van der Waals surface area contributed by atoms with Gasteiger partial charge in [0, 0.05) is 65.4 Å². The Labute approximate surface area is 104 Å². The van der Waals surface area contributed by atoms with E-state index in [4.69, 9.17) is 0 Å². The van der Waals surface area contributed by atoms with Crippen molar-refractivity contribution >= 4 is 0 Å². The van der Waals surface area contributed by atoms with Crippen LogP contribution in [0.4, 0.5) is 0 Å². The summed E-state index contributed by atoms with van der Waals surface area (Å²) in [5, 5.41) is 13.4. The molecule has 2 N–H and O–H groups in total. The van der Waals surface area contributed by atoms with Crippen molar-refractivity contribution in [2.75, 3.05) is 72.5 Å². The Morgan fingerprint density at radius 3 is 2.06 bits per heavy atom. The molecule has 2 aliphatic heterocycles. The van der Waals surface area contributed by atoms with Crippen molar-refractivity contribution in [2.45, 2.75) is 6.10 Å². The van der Waals surface area contributed by atoms with Crippen molar-refractivity contribution in [3.05, 3.63) is 0 Å². The summed E-state index contributed by atoms with van der Waals surface area (Å²) in [5.41, 5.74) is 0. The molecule has 0 saturated carbocycles. The topological polar surface area (TPSA) is 42.0 Å². The van der Waals surface area contributed by atoms with Crippen LogP contribution in [0.3, 0.4) is 0 Å². The van der Waals surface area contributed by atoms with Gasteiger partial charge in [-0.2, -0.15) is 0 Å². The molecule has 2 aliphatic rings. The van der Waals surface area contributed by atoms with Crippen LogP contribution in [0.25, 0.3) is 0 Å². The lowest BCUT2D eigenvalue weighted by atomic mass is 10.2. The SMILES string of the molecule is CN1CCN(CC(O)CN2CCNCC2)CC1. The number of hydrogen-bond donors (Lipinski definition) is 2. The highest BCUT2D eigenvalue weighted by Gasteiger charge is 2.19. The van der Waals surface area contributed by atoms with Crippen LogP contribution >= 0.6 is 0 Å². The van der Waals surface area contributed by atoms with Crippen LogP contribution in [0.5, 0.6) is 0 Å². The highest BCUT2D eigenvalue weighted by molar-refractivity contribution is 4.76. The largest absolute Gasteiger partial charge is 0.390 e. The predicted molar refractivity (Wildman–Crippen MR) is 69.3 cm³/mol. The summed E-state index contributed by atoms with van der Waals surface area (Å²) < 4.78 is 0. The number of nitrogens with zero attached hydrogens (tertiary/aromatic N) is 3. The maximum atomic E-state index is 10.1. The van der Waals surface area contributed by atoms with Gasteiger partial charge in [-0.25, -0.2) is 0 Å². The first-order valence-electron chi connectivity index (χ1n) is 6.76. The molecule has 2 saturated heterocycles. The Balaban J connectivity index is 1.64. The molecule has 5 heteroatoms. The molecule has 1 unspecified atom stereocenters. The highest BCUT2D eigenvalue weighted by atomic mass is 16.3. The minimum absolute atomic E-state index is 0.198. The van der Waals surface area contributed by atoms with E-state index in [1.165, 1.54) is 0 Å². The summed E-state index contributed by atoms with van der Waals surface area (Å²) >= 11 is 0. The zero-order valence-corrected chi connectivity index (χ0v) is 10.9. The predicted octanol–water partition coefficient (Wildman–Crippen LogP) is -1.50. The average Bonchev–Trinajstić information content (AvgIpc) is 2.33. The van der Waals surface area contributed by atoms with Gasteiger partial charge in [-0.1, -0.05) is 0 Å². The Morgan fingerprint density at radius 2 is 1.47 bits per heavy atom. The second-order valence-electron chi connectivity index (χ2n) is 5.31. The van der Waals surface area contributed by atoms with Gasteiger partial charge in [0.15, 0.2) is 0 Å². The Morgan fingerprint density at radius 1 is 0.941 bits per heavy atom. The molecule has 1 atom stereocenters. The van der Waals surface area contributed by atoms with Crippen LogP contribution in [0.15, 0.2) is 0 Å². The molecule has 0 spiro atoms. The molecule has 0 radical (unpaired) electrons. The average molecular weight is 242 g/mol. The van der Waals surface area contributed by atoms with Gasteiger partial charge in [-0.05, 0) is 7.05 Å². The van der Waals surface area contributed by atoms with Crippen molar-refractivity contribution in [2.24, 2.45) is 0 Å². The summed E-state index contributed by atoms with van der Waals surface area (Å²) in [4.78, 5) is 7.09. The summed E-state index contributed by atoms with van der Waals surface area (Å²) in [5.74, 6) is 0. The zero-order chi connectivity index (χ0) is 12.1. The summed E-state index contributed by atoms with van der Waals surface area (Å²) in [6.07, 6.45) is -0.198. The van der Waals surface area contributed by atoms with Gasteiger partial charge in [-0.15, -0.1) is 0 Å². The molecule has 100 valence electrons. The number of aliphatic hydroxyl groups excluding tert-OH is 1. The molecule has 17 heavy (non-hydrogen) atoms. The van der Waals surface area contributed by atoms with Crippen LogP contribution < -0.4 is 5.32 Å².